The van der Waals surface area contributed by atoms with Gasteiger partial charge in [-0.3, -0.25) is 0 Å². The average molecular weight is 278 g/mol. The molecular formula is C18H31P. The monoisotopic (exact) mass is 278 g/mol. The lowest BCUT2D eigenvalue weighted by Crippen LogP contribution is -2.30. The van der Waals surface area contributed by atoms with Crippen LogP contribution < -0.4 is 0 Å². The summed E-state index contributed by atoms with van der Waals surface area (Å²) in [5.41, 5.74) is 2.07. The van der Waals surface area contributed by atoms with Crippen LogP contribution in [0, 0.1) is 0 Å². The summed E-state index contributed by atoms with van der Waals surface area (Å²) >= 11 is 0. The van der Waals surface area contributed by atoms with Gasteiger partial charge >= 0.3 is 0 Å². The van der Waals surface area contributed by atoms with Gasteiger partial charge in [0.05, 0.1) is 0 Å². The molecule has 1 aliphatic heterocycles. The van der Waals surface area contributed by atoms with Gasteiger partial charge < -0.3 is 0 Å². The van der Waals surface area contributed by atoms with Crippen molar-refractivity contribution in [3.05, 3.63) is 24.3 Å². The maximum Gasteiger partial charge on any atom is 0.0126 e. The minimum absolute atomic E-state index is 0.176. The molecule has 1 aliphatic carbocycles. The predicted octanol–water partition coefficient (Wildman–Crippen LogP) is 6.26. The van der Waals surface area contributed by atoms with E-state index in [1.165, 1.54) is 51.4 Å². The lowest BCUT2D eigenvalue weighted by Gasteiger charge is -2.44. The second-order valence-corrected chi connectivity index (χ2v) is 9.47. The summed E-state index contributed by atoms with van der Waals surface area (Å²) in [6.45, 7) is 7.19. The fourth-order valence-electron chi connectivity index (χ4n) is 4.13. The zero-order chi connectivity index (χ0) is 13.7. The summed E-state index contributed by atoms with van der Waals surface area (Å²) in [4.78, 5) is 0. The van der Waals surface area contributed by atoms with Crippen LogP contribution in [0.1, 0.15) is 72.1 Å². The fourth-order valence-corrected chi connectivity index (χ4v) is 8.81. The van der Waals surface area contributed by atoms with Crippen LogP contribution in [0.5, 0.6) is 0 Å². The lowest BCUT2D eigenvalue weighted by atomic mass is 9.94. The summed E-state index contributed by atoms with van der Waals surface area (Å²) in [6.07, 6.45) is 21.0. The largest absolute Gasteiger partial charge is 0.0897 e. The van der Waals surface area contributed by atoms with Gasteiger partial charge in [-0.25, -0.2) is 0 Å². The lowest BCUT2D eigenvalue weighted by molar-refractivity contribution is 0.581. The fraction of sp³-hybridized carbons (Fsp3) is 0.778. The molecule has 1 heterocycles. The van der Waals surface area contributed by atoms with Gasteiger partial charge in [0.2, 0.25) is 0 Å². The molecule has 2 aliphatic rings. The third-order valence-electron chi connectivity index (χ3n) is 5.16. The predicted molar refractivity (Wildman–Crippen MR) is 89.5 cm³/mol. The molecule has 0 radical (unpaired) electrons. The summed E-state index contributed by atoms with van der Waals surface area (Å²) in [5.74, 6) is 0. The van der Waals surface area contributed by atoms with Crippen molar-refractivity contribution in [2.45, 2.75) is 88.6 Å². The Morgan fingerprint density at radius 2 is 1.74 bits per heavy atom. The zero-order valence-electron chi connectivity index (χ0n) is 13.1. The molecule has 3 unspecified atom stereocenters. The Bertz CT molecular complexity index is 319. The summed E-state index contributed by atoms with van der Waals surface area (Å²) in [5, 5.41) is 0.554. The van der Waals surface area contributed by atoms with Crippen molar-refractivity contribution in [1.82, 2.24) is 0 Å². The first-order valence-electron chi connectivity index (χ1n) is 8.40. The van der Waals surface area contributed by atoms with E-state index in [0.29, 0.717) is 5.16 Å². The molecule has 0 aromatic heterocycles. The molecule has 0 nitrogen and oxygen atoms in total. The third kappa shape index (κ3) is 3.15. The van der Waals surface area contributed by atoms with Gasteiger partial charge in [-0.05, 0) is 49.8 Å². The molecule has 3 atom stereocenters. The Morgan fingerprint density at radius 3 is 2.21 bits per heavy atom. The highest BCUT2D eigenvalue weighted by Gasteiger charge is 2.46. The maximum atomic E-state index is 2.62. The molecule has 0 N–H and O–H groups in total. The molecular weight excluding hydrogens is 247 g/mol. The topological polar surface area (TPSA) is 0 Å². The quantitative estimate of drug-likeness (QED) is 0.503. The van der Waals surface area contributed by atoms with Crippen molar-refractivity contribution >= 4 is 7.92 Å². The molecule has 108 valence electrons. The Hall–Kier alpha value is -0.0900. The molecule has 1 fully saturated rings. The molecule has 0 aromatic rings. The van der Waals surface area contributed by atoms with E-state index in [0.717, 1.165) is 11.3 Å². The molecule has 0 spiro atoms. The summed E-state index contributed by atoms with van der Waals surface area (Å²) in [6, 6.07) is 0. The number of hydrogen-bond donors (Lipinski definition) is 0. The van der Waals surface area contributed by atoms with Crippen LogP contribution in [0.25, 0.3) is 0 Å². The van der Waals surface area contributed by atoms with Gasteiger partial charge in [-0.15, -0.1) is 0 Å². The van der Waals surface area contributed by atoms with E-state index in [1.807, 2.05) is 0 Å². The first-order chi connectivity index (χ1) is 9.27. The van der Waals surface area contributed by atoms with E-state index in [9.17, 15) is 0 Å². The minimum atomic E-state index is 0.176. The van der Waals surface area contributed by atoms with Crippen LogP contribution in [-0.4, -0.2) is 16.5 Å². The Morgan fingerprint density at radius 1 is 1.05 bits per heavy atom. The van der Waals surface area contributed by atoms with Crippen LogP contribution in [0.15, 0.2) is 24.3 Å². The highest BCUT2D eigenvalue weighted by molar-refractivity contribution is 7.61. The van der Waals surface area contributed by atoms with Gasteiger partial charge in [0.1, 0.15) is 0 Å². The van der Waals surface area contributed by atoms with Crippen LogP contribution >= 0.6 is 7.92 Å². The van der Waals surface area contributed by atoms with E-state index in [2.05, 4.69) is 45.1 Å². The summed E-state index contributed by atoms with van der Waals surface area (Å²) in [7, 11) is 0.176. The van der Waals surface area contributed by atoms with Crippen molar-refractivity contribution in [3.63, 3.8) is 0 Å². The van der Waals surface area contributed by atoms with Crippen LogP contribution in [0.2, 0.25) is 0 Å². The van der Waals surface area contributed by atoms with Crippen molar-refractivity contribution in [3.8, 4) is 0 Å². The van der Waals surface area contributed by atoms with Gasteiger partial charge in [-0.2, -0.15) is 0 Å². The van der Waals surface area contributed by atoms with E-state index in [4.69, 9.17) is 0 Å². The van der Waals surface area contributed by atoms with Crippen LogP contribution in [-0.2, 0) is 0 Å². The van der Waals surface area contributed by atoms with Crippen molar-refractivity contribution in [1.29, 1.82) is 0 Å². The first kappa shape index (κ1) is 15.3. The van der Waals surface area contributed by atoms with E-state index < -0.39 is 0 Å². The number of rotatable bonds is 6. The van der Waals surface area contributed by atoms with Crippen molar-refractivity contribution in [2.75, 3.05) is 0 Å². The van der Waals surface area contributed by atoms with Crippen molar-refractivity contribution in [2.24, 2.45) is 0 Å². The molecule has 1 heteroatoms. The van der Waals surface area contributed by atoms with Gasteiger partial charge in [0.25, 0.3) is 0 Å². The third-order valence-corrected chi connectivity index (χ3v) is 9.57. The SMILES string of the molecule is CCCCC1(P2C(CC)CCC2CC)C=CC=CC1. The minimum Gasteiger partial charge on any atom is -0.0897 e. The normalized spacial score (nSPS) is 37.9. The standard InChI is InChI=1S/C18H31P/c1-4-7-13-18(14-9-8-10-15-18)19-16(5-2)11-12-17(19)6-3/h8-10,14,16-17H,4-7,11-13,15H2,1-3H3. The second-order valence-electron chi connectivity index (χ2n) is 6.31. The maximum absolute atomic E-state index is 2.62. The molecule has 0 bridgehead atoms. The Kier molecular flexibility index (Phi) is 5.70. The van der Waals surface area contributed by atoms with E-state index >= 15 is 0 Å². The first-order valence-corrected chi connectivity index (χ1v) is 9.88. The van der Waals surface area contributed by atoms with Crippen LogP contribution in [0.3, 0.4) is 0 Å². The zero-order valence-corrected chi connectivity index (χ0v) is 14.0. The molecule has 0 amide bonds. The number of hydrogen-bond acceptors (Lipinski definition) is 0. The average Bonchev–Trinajstić information content (AvgIpc) is 2.89. The van der Waals surface area contributed by atoms with Gasteiger partial charge in [-0.1, -0.05) is 65.8 Å². The molecule has 1 saturated heterocycles. The molecule has 2 rings (SSSR count). The Balaban J connectivity index is 2.24. The van der Waals surface area contributed by atoms with Gasteiger partial charge in [0.15, 0.2) is 0 Å². The van der Waals surface area contributed by atoms with Gasteiger partial charge in [0, 0.05) is 5.16 Å². The number of unbranched alkanes of at least 4 members (excludes halogenated alkanes) is 1. The molecule has 19 heavy (non-hydrogen) atoms. The smallest absolute Gasteiger partial charge is 0.0126 e. The van der Waals surface area contributed by atoms with E-state index in [-0.39, 0.29) is 7.92 Å². The van der Waals surface area contributed by atoms with Crippen LogP contribution in [0.4, 0.5) is 0 Å². The van der Waals surface area contributed by atoms with E-state index in [1.54, 1.807) is 0 Å². The molecule has 0 aromatic carbocycles. The highest BCUT2D eigenvalue weighted by atomic mass is 31.1. The number of allylic oxidation sites excluding steroid dienone is 4. The molecule has 0 saturated carbocycles. The second kappa shape index (κ2) is 7.07. The van der Waals surface area contributed by atoms with Crippen molar-refractivity contribution < 1.29 is 0 Å². The summed E-state index contributed by atoms with van der Waals surface area (Å²) < 4.78 is 0. The Labute approximate surface area is 121 Å². The highest BCUT2D eigenvalue weighted by Crippen LogP contribution is 2.69.